The SMILES string of the molecule is CC/C=C(\C)C(=O)N1CCC[C@H](CCC(=O)O)C1. The van der Waals surface area contributed by atoms with Crippen LogP contribution < -0.4 is 0 Å². The molecule has 1 heterocycles. The van der Waals surface area contributed by atoms with Gasteiger partial charge in [0.25, 0.3) is 0 Å². The fourth-order valence-corrected chi connectivity index (χ4v) is 2.46. The Morgan fingerprint density at radius 1 is 1.44 bits per heavy atom. The minimum atomic E-state index is -0.750. The Balaban J connectivity index is 2.50. The van der Waals surface area contributed by atoms with Crippen molar-refractivity contribution >= 4 is 11.9 Å². The molecule has 1 saturated heterocycles. The van der Waals surface area contributed by atoms with E-state index in [2.05, 4.69) is 0 Å². The van der Waals surface area contributed by atoms with E-state index in [1.165, 1.54) is 0 Å². The highest BCUT2D eigenvalue weighted by molar-refractivity contribution is 5.92. The number of hydrogen-bond donors (Lipinski definition) is 1. The maximum atomic E-state index is 12.1. The standard InChI is InChI=1S/C14H23NO3/c1-3-5-11(2)14(18)15-9-4-6-12(10-15)7-8-13(16)17/h5,12H,3-4,6-10H2,1-2H3,(H,16,17)/b11-5+/t12-/m1/s1. The Hall–Kier alpha value is -1.32. The first-order valence-corrected chi connectivity index (χ1v) is 6.72. The average molecular weight is 253 g/mol. The molecule has 1 rings (SSSR count). The van der Waals surface area contributed by atoms with Crippen LogP contribution in [0.4, 0.5) is 0 Å². The van der Waals surface area contributed by atoms with E-state index in [0.29, 0.717) is 18.9 Å². The molecular weight excluding hydrogens is 230 g/mol. The van der Waals surface area contributed by atoms with Gasteiger partial charge in [-0.05, 0) is 38.5 Å². The molecule has 0 aliphatic carbocycles. The summed E-state index contributed by atoms with van der Waals surface area (Å²) >= 11 is 0. The highest BCUT2D eigenvalue weighted by Gasteiger charge is 2.24. The number of rotatable bonds is 5. The number of nitrogens with zero attached hydrogens (tertiary/aromatic N) is 1. The van der Waals surface area contributed by atoms with E-state index in [9.17, 15) is 9.59 Å². The zero-order valence-corrected chi connectivity index (χ0v) is 11.3. The first kappa shape index (κ1) is 14.7. The molecule has 1 aliphatic rings. The van der Waals surface area contributed by atoms with Gasteiger partial charge in [-0.1, -0.05) is 13.0 Å². The second-order valence-electron chi connectivity index (χ2n) is 4.99. The highest BCUT2D eigenvalue weighted by Crippen LogP contribution is 2.22. The number of carbonyl (C=O) groups is 2. The molecule has 1 aliphatic heterocycles. The van der Waals surface area contributed by atoms with E-state index in [4.69, 9.17) is 5.11 Å². The molecule has 1 amide bonds. The van der Waals surface area contributed by atoms with E-state index < -0.39 is 5.97 Å². The van der Waals surface area contributed by atoms with Crippen molar-refractivity contribution in [1.29, 1.82) is 0 Å². The number of amides is 1. The molecule has 0 aromatic heterocycles. The summed E-state index contributed by atoms with van der Waals surface area (Å²) in [6, 6.07) is 0. The first-order valence-electron chi connectivity index (χ1n) is 6.72. The van der Waals surface area contributed by atoms with Crippen molar-refractivity contribution < 1.29 is 14.7 Å². The van der Waals surface area contributed by atoms with Gasteiger partial charge >= 0.3 is 5.97 Å². The van der Waals surface area contributed by atoms with E-state index in [0.717, 1.165) is 31.4 Å². The van der Waals surface area contributed by atoms with Gasteiger partial charge in [0.05, 0.1) is 0 Å². The lowest BCUT2D eigenvalue weighted by Crippen LogP contribution is -2.40. The molecule has 0 bridgehead atoms. The summed E-state index contributed by atoms with van der Waals surface area (Å²) in [5.41, 5.74) is 0.802. The minimum absolute atomic E-state index is 0.108. The van der Waals surface area contributed by atoms with Crippen molar-refractivity contribution in [3.05, 3.63) is 11.6 Å². The molecule has 102 valence electrons. The molecule has 0 spiro atoms. The van der Waals surface area contributed by atoms with E-state index in [1.54, 1.807) is 0 Å². The van der Waals surface area contributed by atoms with Crippen molar-refractivity contribution in [2.45, 2.75) is 46.0 Å². The van der Waals surface area contributed by atoms with Crippen LogP contribution in [-0.4, -0.2) is 35.0 Å². The third-order valence-corrected chi connectivity index (χ3v) is 3.42. The average Bonchev–Trinajstić information content (AvgIpc) is 2.36. The quantitative estimate of drug-likeness (QED) is 0.766. The molecule has 1 N–H and O–H groups in total. The lowest BCUT2D eigenvalue weighted by atomic mass is 9.93. The van der Waals surface area contributed by atoms with Gasteiger partial charge in [0.15, 0.2) is 0 Å². The normalized spacial score (nSPS) is 20.9. The van der Waals surface area contributed by atoms with Crippen LogP contribution in [0, 0.1) is 5.92 Å². The molecule has 0 radical (unpaired) electrons. The lowest BCUT2D eigenvalue weighted by molar-refractivity contribution is -0.137. The highest BCUT2D eigenvalue weighted by atomic mass is 16.4. The monoisotopic (exact) mass is 253 g/mol. The topological polar surface area (TPSA) is 57.6 Å². The van der Waals surface area contributed by atoms with Crippen LogP contribution in [0.1, 0.15) is 46.0 Å². The number of allylic oxidation sites excluding steroid dienone is 1. The number of carboxylic acid groups (broad SMARTS) is 1. The molecule has 0 saturated carbocycles. The summed E-state index contributed by atoms with van der Waals surface area (Å²) in [6.45, 7) is 5.38. The summed E-state index contributed by atoms with van der Waals surface area (Å²) < 4.78 is 0. The first-order chi connectivity index (χ1) is 8.54. The molecular formula is C14H23NO3. The van der Waals surface area contributed by atoms with Gasteiger partial charge < -0.3 is 10.0 Å². The predicted octanol–water partition coefficient (Wildman–Crippen LogP) is 2.45. The molecule has 0 aromatic rings. The summed E-state index contributed by atoms with van der Waals surface area (Å²) in [4.78, 5) is 24.5. The number of aliphatic carboxylic acids is 1. The third-order valence-electron chi connectivity index (χ3n) is 3.42. The molecule has 0 aromatic carbocycles. The van der Waals surface area contributed by atoms with E-state index in [-0.39, 0.29) is 12.3 Å². The summed E-state index contributed by atoms with van der Waals surface area (Å²) in [5, 5.41) is 8.69. The summed E-state index contributed by atoms with van der Waals surface area (Å²) in [7, 11) is 0. The van der Waals surface area contributed by atoms with Crippen LogP contribution in [0.3, 0.4) is 0 Å². The van der Waals surface area contributed by atoms with Crippen molar-refractivity contribution in [2.24, 2.45) is 5.92 Å². The Labute approximate surface area is 109 Å². The number of carbonyl (C=O) groups excluding carboxylic acids is 1. The second kappa shape index (κ2) is 7.19. The largest absolute Gasteiger partial charge is 0.481 e. The van der Waals surface area contributed by atoms with Gasteiger partial charge in [0.2, 0.25) is 5.91 Å². The molecule has 0 unspecified atom stereocenters. The zero-order valence-electron chi connectivity index (χ0n) is 11.3. The Kier molecular flexibility index (Phi) is 5.89. The minimum Gasteiger partial charge on any atom is -0.481 e. The number of hydrogen-bond acceptors (Lipinski definition) is 2. The second-order valence-corrected chi connectivity index (χ2v) is 4.99. The van der Waals surface area contributed by atoms with E-state index in [1.807, 2.05) is 24.8 Å². The van der Waals surface area contributed by atoms with Crippen LogP contribution >= 0.6 is 0 Å². The molecule has 18 heavy (non-hydrogen) atoms. The van der Waals surface area contributed by atoms with Crippen LogP contribution in [0.5, 0.6) is 0 Å². The van der Waals surface area contributed by atoms with Crippen LogP contribution in [-0.2, 0) is 9.59 Å². The summed E-state index contributed by atoms with van der Waals surface area (Å²) in [5.74, 6) is -0.300. The molecule has 1 atom stereocenters. The van der Waals surface area contributed by atoms with Gasteiger partial charge in [-0.15, -0.1) is 0 Å². The maximum absolute atomic E-state index is 12.1. The molecule has 4 heteroatoms. The fourth-order valence-electron chi connectivity index (χ4n) is 2.46. The van der Waals surface area contributed by atoms with Crippen molar-refractivity contribution in [3.8, 4) is 0 Å². The van der Waals surface area contributed by atoms with Crippen molar-refractivity contribution in [3.63, 3.8) is 0 Å². The number of likely N-dealkylation sites (tertiary alicyclic amines) is 1. The lowest BCUT2D eigenvalue weighted by Gasteiger charge is -2.33. The fraction of sp³-hybridized carbons (Fsp3) is 0.714. The smallest absolute Gasteiger partial charge is 0.303 e. The Morgan fingerprint density at radius 3 is 2.78 bits per heavy atom. The third kappa shape index (κ3) is 4.51. The maximum Gasteiger partial charge on any atom is 0.303 e. The van der Waals surface area contributed by atoms with Gasteiger partial charge in [0.1, 0.15) is 0 Å². The molecule has 1 fully saturated rings. The van der Waals surface area contributed by atoms with Gasteiger partial charge in [-0.25, -0.2) is 0 Å². The van der Waals surface area contributed by atoms with Crippen LogP contribution in [0.15, 0.2) is 11.6 Å². The van der Waals surface area contributed by atoms with Crippen LogP contribution in [0.2, 0.25) is 0 Å². The summed E-state index contributed by atoms with van der Waals surface area (Å²) in [6.07, 6.45) is 5.71. The van der Waals surface area contributed by atoms with E-state index >= 15 is 0 Å². The van der Waals surface area contributed by atoms with Crippen molar-refractivity contribution in [2.75, 3.05) is 13.1 Å². The van der Waals surface area contributed by atoms with Crippen molar-refractivity contribution in [1.82, 2.24) is 4.90 Å². The van der Waals surface area contributed by atoms with Crippen LogP contribution in [0.25, 0.3) is 0 Å². The van der Waals surface area contributed by atoms with Gasteiger partial charge in [0, 0.05) is 25.1 Å². The van der Waals surface area contributed by atoms with Gasteiger partial charge in [-0.2, -0.15) is 0 Å². The Morgan fingerprint density at radius 2 is 2.17 bits per heavy atom. The number of piperidine rings is 1. The Bertz CT molecular complexity index is 336. The number of carboxylic acids is 1. The zero-order chi connectivity index (χ0) is 13.5. The predicted molar refractivity (Wildman–Crippen MR) is 70.2 cm³/mol. The molecule has 4 nitrogen and oxygen atoms in total. The van der Waals surface area contributed by atoms with Gasteiger partial charge in [-0.3, -0.25) is 9.59 Å².